The maximum Gasteiger partial charge on any atom is 0.0593 e. The molecule has 1 unspecified atom stereocenters. The van der Waals surface area contributed by atoms with Crippen LogP contribution in [0.3, 0.4) is 0 Å². The predicted octanol–water partition coefficient (Wildman–Crippen LogP) is 2.31. The van der Waals surface area contributed by atoms with Crippen LogP contribution in [0, 0.1) is 5.92 Å². The van der Waals surface area contributed by atoms with Crippen molar-refractivity contribution >= 4 is 0 Å². The molecule has 3 nitrogen and oxygen atoms in total. The van der Waals surface area contributed by atoms with E-state index in [4.69, 9.17) is 4.74 Å². The van der Waals surface area contributed by atoms with Crippen LogP contribution in [0.25, 0.3) is 0 Å². The van der Waals surface area contributed by atoms with E-state index in [-0.39, 0.29) is 0 Å². The lowest BCUT2D eigenvalue weighted by Gasteiger charge is -2.28. The fourth-order valence-corrected chi connectivity index (χ4v) is 2.30. The number of hydrogen-bond donors (Lipinski definition) is 1. The molecule has 0 aliphatic heterocycles. The van der Waals surface area contributed by atoms with Gasteiger partial charge in [-0.25, -0.2) is 0 Å². The van der Waals surface area contributed by atoms with E-state index in [0.29, 0.717) is 6.04 Å². The summed E-state index contributed by atoms with van der Waals surface area (Å²) in [4.78, 5) is 2.37. The smallest absolute Gasteiger partial charge is 0.0593 e. The minimum absolute atomic E-state index is 0.413. The highest BCUT2D eigenvalue weighted by atomic mass is 16.5. The Labute approximate surface area is 116 Å². The van der Waals surface area contributed by atoms with Crippen molar-refractivity contribution in [3.05, 3.63) is 35.9 Å². The van der Waals surface area contributed by atoms with Gasteiger partial charge >= 0.3 is 0 Å². The van der Waals surface area contributed by atoms with Gasteiger partial charge in [0, 0.05) is 25.7 Å². The van der Waals surface area contributed by atoms with Crippen LogP contribution in [-0.4, -0.2) is 45.3 Å². The Morgan fingerprint density at radius 2 is 2.05 bits per heavy atom. The van der Waals surface area contributed by atoms with Crippen molar-refractivity contribution in [3.8, 4) is 0 Å². The normalized spacial score (nSPS) is 16.8. The topological polar surface area (TPSA) is 24.5 Å². The number of ether oxygens (including phenoxy) is 1. The number of likely N-dealkylation sites (N-methyl/N-ethyl adjacent to an activating group) is 2. The Hall–Kier alpha value is -0.900. The van der Waals surface area contributed by atoms with E-state index >= 15 is 0 Å². The van der Waals surface area contributed by atoms with Gasteiger partial charge in [0.1, 0.15) is 0 Å². The summed E-state index contributed by atoms with van der Waals surface area (Å²) < 4.78 is 5.73. The lowest BCUT2D eigenvalue weighted by atomic mass is 10.1. The first-order valence-corrected chi connectivity index (χ1v) is 7.28. The average molecular weight is 262 g/mol. The molecular formula is C16H26N2O. The molecule has 0 spiro atoms. The van der Waals surface area contributed by atoms with Crippen molar-refractivity contribution < 1.29 is 4.74 Å². The van der Waals surface area contributed by atoms with Crippen LogP contribution in [-0.2, 0) is 4.74 Å². The first-order chi connectivity index (χ1) is 9.31. The fourth-order valence-electron chi connectivity index (χ4n) is 2.30. The van der Waals surface area contributed by atoms with Crippen LogP contribution < -0.4 is 5.32 Å². The Morgan fingerprint density at radius 3 is 2.68 bits per heavy atom. The number of benzene rings is 1. The Bertz CT molecular complexity index is 351. The van der Waals surface area contributed by atoms with Gasteiger partial charge in [0.2, 0.25) is 0 Å². The molecule has 1 aliphatic carbocycles. The van der Waals surface area contributed by atoms with E-state index < -0.39 is 0 Å². The maximum atomic E-state index is 5.73. The lowest BCUT2D eigenvalue weighted by Crippen LogP contribution is -2.34. The number of rotatable bonds is 9. The summed E-state index contributed by atoms with van der Waals surface area (Å²) in [5.41, 5.74) is 1.36. The number of hydrogen-bond acceptors (Lipinski definition) is 3. The van der Waals surface area contributed by atoms with E-state index in [0.717, 1.165) is 32.2 Å². The van der Waals surface area contributed by atoms with Crippen LogP contribution in [0.15, 0.2) is 30.3 Å². The third-order valence-electron chi connectivity index (χ3n) is 3.75. The Morgan fingerprint density at radius 1 is 1.32 bits per heavy atom. The lowest BCUT2D eigenvalue weighted by molar-refractivity contribution is 0.0912. The van der Waals surface area contributed by atoms with Gasteiger partial charge in [-0.1, -0.05) is 30.3 Å². The molecular weight excluding hydrogens is 236 g/mol. The van der Waals surface area contributed by atoms with Crippen LogP contribution in [0.2, 0.25) is 0 Å². The highest BCUT2D eigenvalue weighted by molar-refractivity contribution is 5.19. The first-order valence-electron chi connectivity index (χ1n) is 7.28. The summed E-state index contributed by atoms with van der Waals surface area (Å²) in [6, 6.07) is 11.1. The molecule has 1 aromatic rings. The van der Waals surface area contributed by atoms with Crippen molar-refractivity contribution in [1.29, 1.82) is 0 Å². The van der Waals surface area contributed by atoms with Crippen LogP contribution >= 0.6 is 0 Å². The standard InChI is InChI=1S/C16H26N2O/c1-17-12-16(15-6-4-3-5-7-15)18(2)10-11-19-13-14-8-9-14/h3-7,14,16-17H,8-13H2,1-2H3. The summed E-state index contributed by atoms with van der Waals surface area (Å²) in [5, 5.41) is 3.28. The van der Waals surface area contributed by atoms with Crippen molar-refractivity contribution in [2.45, 2.75) is 18.9 Å². The minimum atomic E-state index is 0.413. The molecule has 0 saturated heterocycles. The first kappa shape index (κ1) is 14.5. The Kier molecular flexibility index (Phi) is 5.83. The molecule has 1 atom stereocenters. The van der Waals surface area contributed by atoms with Gasteiger partial charge in [0.15, 0.2) is 0 Å². The van der Waals surface area contributed by atoms with E-state index in [1.165, 1.54) is 18.4 Å². The molecule has 1 aromatic carbocycles. The fraction of sp³-hybridized carbons (Fsp3) is 0.625. The summed E-state index contributed by atoms with van der Waals surface area (Å²) >= 11 is 0. The second kappa shape index (κ2) is 7.63. The van der Waals surface area contributed by atoms with Crippen LogP contribution in [0.5, 0.6) is 0 Å². The zero-order valence-electron chi connectivity index (χ0n) is 12.1. The van der Waals surface area contributed by atoms with Gasteiger partial charge < -0.3 is 10.1 Å². The molecule has 0 radical (unpaired) electrons. The summed E-state index contributed by atoms with van der Waals surface area (Å²) in [6.45, 7) is 3.73. The molecule has 106 valence electrons. The molecule has 2 rings (SSSR count). The van der Waals surface area contributed by atoms with E-state index in [1.807, 2.05) is 7.05 Å². The minimum Gasteiger partial charge on any atom is -0.380 e. The molecule has 1 N–H and O–H groups in total. The zero-order valence-corrected chi connectivity index (χ0v) is 12.1. The van der Waals surface area contributed by atoms with Gasteiger partial charge in [-0.2, -0.15) is 0 Å². The van der Waals surface area contributed by atoms with Crippen LogP contribution in [0.4, 0.5) is 0 Å². The van der Waals surface area contributed by atoms with Crippen molar-refractivity contribution in [3.63, 3.8) is 0 Å². The van der Waals surface area contributed by atoms with Gasteiger partial charge in [-0.05, 0) is 38.4 Å². The van der Waals surface area contributed by atoms with Gasteiger partial charge in [-0.3, -0.25) is 4.90 Å². The highest BCUT2D eigenvalue weighted by Crippen LogP contribution is 2.28. The predicted molar refractivity (Wildman–Crippen MR) is 79.3 cm³/mol. The van der Waals surface area contributed by atoms with Crippen molar-refractivity contribution in [1.82, 2.24) is 10.2 Å². The number of nitrogens with one attached hydrogen (secondary N) is 1. The zero-order chi connectivity index (χ0) is 13.5. The molecule has 3 heteroatoms. The second-order valence-electron chi connectivity index (χ2n) is 5.48. The molecule has 19 heavy (non-hydrogen) atoms. The van der Waals surface area contributed by atoms with Crippen molar-refractivity contribution in [2.75, 3.05) is 40.4 Å². The van der Waals surface area contributed by atoms with E-state index in [1.54, 1.807) is 0 Å². The summed E-state index contributed by atoms with van der Waals surface area (Å²) in [5.74, 6) is 0.854. The summed E-state index contributed by atoms with van der Waals surface area (Å²) in [7, 11) is 4.18. The molecule has 0 bridgehead atoms. The third kappa shape index (κ3) is 4.94. The van der Waals surface area contributed by atoms with Gasteiger partial charge in [0.25, 0.3) is 0 Å². The molecule has 0 amide bonds. The molecule has 1 fully saturated rings. The quantitative estimate of drug-likeness (QED) is 0.691. The second-order valence-corrected chi connectivity index (χ2v) is 5.48. The van der Waals surface area contributed by atoms with Crippen molar-refractivity contribution in [2.24, 2.45) is 5.92 Å². The van der Waals surface area contributed by atoms with Gasteiger partial charge in [-0.15, -0.1) is 0 Å². The molecule has 0 heterocycles. The van der Waals surface area contributed by atoms with Crippen LogP contribution in [0.1, 0.15) is 24.4 Å². The molecule has 0 aromatic heterocycles. The highest BCUT2D eigenvalue weighted by Gasteiger charge is 2.21. The monoisotopic (exact) mass is 262 g/mol. The molecule has 1 aliphatic rings. The van der Waals surface area contributed by atoms with Gasteiger partial charge in [0.05, 0.1) is 6.61 Å². The van der Waals surface area contributed by atoms with E-state index in [2.05, 4.69) is 47.6 Å². The maximum absolute atomic E-state index is 5.73. The third-order valence-corrected chi connectivity index (χ3v) is 3.75. The van der Waals surface area contributed by atoms with E-state index in [9.17, 15) is 0 Å². The SMILES string of the molecule is CNCC(c1ccccc1)N(C)CCOCC1CC1. The largest absolute Gasteiger partial charge is 0.380 e. The summed E-state index contributed by atoms with van der Waals surface area (Å²) in [6.07, 6.45) is 2.73. The average Bonchev–Trinajstić information content (AvgIpc) is 3.26. The number of nitrogens with zero attached hydrogens (tertiary/aromatic N) is 1. The Balaban J connectivity index is 1.79. The molecule has 1 saturated carbocycles.